The first-order valence-corrected chi connectivity index (χ1v) is 12.4. The topological polar surface area (TPSA) is 85.8 Å². The molecule has 0 amide bonds. The van der Waals surface area contributed by atoms with Crippen LogP contribution in [0.25, 0.3) is 0 Å². The number of likely N-dealkylation sites (tertiary alicyclic amines) is 1. The molecule has 0 aliphatic carbocycles. The minimum atomic E-state index is -3.50. The van der Waals surface area contributed by atoms with Gasteiger partial charge in [-0.1, -0.05) is 48.5 Å². The van der Waals surface area contributed by atoms with Crippen LogP contribution < -0.4 is 15.4 Å². The van der Waals surface area contributed by atoms with Gasteiger partial charge in [-0.25, -0.2) is 13.1 Å². The largest absolute Gasteiger partial charge is 0.357 e. The number of hydrogen-bond acceptors (Lipinski definition) is 4. The molecule has 9 heteroatoms. The third-order valence-corrected chi connectivity index (χ3v) is 6.73. The zero-order valence-corrected chi connectivity index (χ0v) is 21.7. The molecule has 0 radical (unpaired) electrons. The Morgan fingerprint density at radius 1 is 1.03 bits per heavy atom. The van der Waals surface area contributed by atoms with Crippen molar-refractivity contribution < 1.29 is 8.42 Å². The fraction of sp³-hybridized carbons (Fsp3) is 0.435. The van der Waals surface area contributed by atoms with E-state index in [-0.39, 0.29) is 35.4 Å². The Morgan fingerprint density at radius 2 is 1.66 bits per heavy atom. The van der Waals surface area contributed by atoms with Gasteiger partial charge in [-0.15, -0.1) is 24.0 Å². The lowest BCUT2D eigenvalue weighted by molar-refractivity contribution is 0.198. The third kappa shape index (κ3) is 8.68. The molecule has 1 aliphatic rings. The maximum absolute atomic E-state index is 12.3. The standard InChI is InChI=1S/C23H33N5O2S.HI/c1-2-24-23(25-15-16-26-31(29,30)22-11-7-4-8-12-22)27-21-13-17-28(18-14-21)19-20-9-5-3-6-10-20;/h3-12,21,26H,2,13-19H2,1H3,(H2,24,25,27);1H. The molecular formula is C23H34IN5O2S. The Kier molecular flexibility index (Phi) is 11.4. The van der Waals surface area contributed by atoms with Gasteiger partial charge in [0.2, 0.25) is 10.0 Å². The van der Waals surface area contributed by atoms with Crippen LogP contribution in [-0.2, 0) is 16.6 Å². The summed E-state index contributed by atoms with van der Waals surface area (Å²) in [6, 6.07) is 19.3. The number of hydrogen-bond donors (Lipinski definition) is 3. The Morgan fingerprint density at radius 3 is 2.28 bits per heavy atom. The summed E-state index contributed by atoms with van der Waals surface area (Å²) in [4.78, 5) is 7.30. The molecule has 2 aromatic rings. The van der Waals surface area contributed by atoms with E-state index >= 15 is 0 Å². The third-order valence-electron chi connectivity index (χ3n) is 5.25. The van der Waals surface area contributed by atoms with Gasteiger partial charge in [0.1, 0.15) is 0 Å². The highest BCUT2D eigenvalue weighted by molar-refractivity contribution is 14.0. The molecule has 1 aliphatic heterocycles. The van der Waals surface area contributed by atoms with Gasteiger partial charge in [-0.05, 0) is 37.5 Å². The summed E-state index contributed by atoms with van der Waals surface area (Å²) in [7, 11) is -3.50. The predicted molar refractivity (Wildman–Crippen MR) is 141 cm³/mol. The van der Waals surface area contributed by atoms with Crippen molar-refractivity contribution in [2.45, 2.75) is 37.2 Å². The number of benzene rings is 2. The Bertz CT molecular complexity index is 918. The Balaban J connectivity index is 0.00000363. The first-order valence-electron chi connectivity index (χ1n) is 10.9. The first-order chi connectivity index (χ1) is 15.1. The van der Waals surface area contributed by atoms with Crippen LogP contribution in [-0.4, -0.2) is 58.0 Å². The van der Waals surface area contributed by atoms with Gasteiger partial charge in [0, 0.05) is 38.8 Å². The monoisotopic (exact) mass is 571 g/mol. The van der Waals surface area contributed by atoms with Crippen LogP contribution >= 0.6 is 24.0 Å². The van der Waals surface area contributed by atoms with Crippen LogP contribution in [0.15, 0.2) is 70.6 Å². The molecule has 3 N–H and O–H groups in total. The van der Waals surface area contributed by atoms with Gasteiger partial charge in [-0.2, -0.15) is 0 Å². The molecule has 3 rings (SSSR count). The van der Waals surface area contributed by atoms with Crippen molar-refractivity contribution in [1.82, 2.24) is 20.3 Å². The average Bonchev–Trinajstić information content (AvgIpc) is 2.79. The lowest BCUT2D eigenvalue weighted by atomic mass is 10.0. The van der Waals surface area contributed by atoms with E-state index < -0.39 is 10.0 Å². The Hall–Kier alpha value is -1.69. The van der Waals surface area contributed by atoms with Crippen molar-refractivity contribution in [3.63, 3.8) is 0 Å². The summed E-state index contributed by atoms with van der Waals surface area (Å²) in [5.74, 6) is 0.739. The molecule has 1 heterocycles. The molecule has 0 unspecified atom stereocenters. The highest BCUT2D eigenvalue weighted by atomic mass is 127. The van der Waals surface area contributed by atoms with E-state index in [0.29, 0.717) is 12.6 Å². The number of nitrogens with one attached hydrogen (secondary N) is 3. The van der Waals surface area contributed by atoms with Crippen molar-refractivity contribution in [1.29, 1.82) is 0 Å². The molecule has 2 aromatic carbocycles. The fourth-order valence-electron chi connectivity index (χ4n) is 3.62. The van der Waals surface area contributed by atoms with E-state index in [0.717, 1.165) is 45.0 Å². The zero-order chi connectivity index (χ0) is 21.9. The van der Waals surface area contributed by atoms with Crippen molar-refractivity contribution in [2.24, 2.45) is 4.99 Å². The van der Waals surface area contributed by atoms with E-state index in [1.807, 2.05) is 13.0 Å². The zero-order valence-electron chi connectivity index (χ0n) is 18.5. The molecule has 0 bridgehead atoms. The number of halogens is 1. The molecule has 7 nitrogen and oxygen atoms in total. The minimum absolute atomic E-state index is 0. The van der Waals surface area contributed by atoms with Gasteiger partial charge < -0.3 is 10.6 Å². The van der Waals surface area contributed by atoms with E-state index in [1.165, 1.54) is 5.56 Å². The van der Waals surface area contributed by atoms with Crippen LogP contribution in [0.1, 0.15) is 25.3 Å². The van der Waals surface area contributed by atoms with Crippen LogP contribution in [0.3, 0.4) is 0 Å². The van der Waals surface area contributed by atoms with Gasteiger partial charge >= 0.3 is 0 Å². The van der Waals surface area contributed by atoms with E-state index in [1.54, 1.807) is 30.3 Å². The SMILES string of the molecule is CCNC(=NCCNS(=O)(=O)c1ccccc1)NC1CCN(Cc2ccccc2)CC1.I. The van der Waals surface area contributed by atoms with Crippen molar-refractivity contribution in [3.8, 4) is 0 Å². The second kappa shape index (κ2) is 13.8. The van der Waals surface area contributed by atoms with Gasteiger partial charge in [-0.3, -0.25) is 9.89 Å². The molecule has 0 saturated carbocycles. The molecule has 32 heavy (non-hydrogen) atoms. The lowest BCUT2D eigenvalue weighted by Gasteiger charge is -2.33. The smallest absolute Gasteiger partial charge is 0.240 e. The lowest BCUT2D eigenvalue weighted by Crippen LogP contribution is -2.48. The van der Waals surface area contributed by atoms with Crippen LogP contribution in [0.5, 0.6) is 0 Å². The maximum Gasteiger partial charge on any atom is 0.240 e. The predicted octanol–water partition coefficient (Wildman–Crippen LogP) is 2.80. The highest BCUT2D eigenvalue weighted by Crippen LogP contribution is 2.14. The Labute approximate surface area is 209 Å². The summed E-state index contributed by atoms with van der Waals surface area (Å²) in [6.45, 7) is 6.48. The molecule has 0 spiro atoms. The van der Waals surface area contributed by atoms with E-state index in [9.17, 15) is 8.42 Å². The summed E-state index contributed by atoms with van der Waals surface area (Å²) >= 11 is 0. The normalized spacial score (nSPS) is 15.7. The molecule has 176 valence electrons. The average molecular weight is 572 g/mol. The van der Waals surface area contributed by atoms with Crippen LogP contribution in [0.2, 0.25) is 0 Å². The molecular weight excluding hydrogens is 537 g/mol. The second-order valence-corrected chi connectivity index (χ2v) is 9.42. The van der Waals surface area contributed by atoms with E-state index in [4.69, 9.17) is 0 Å². The molecule has 1 saturated heterocycles. The quantitative estimate of drug-likeness (QED) is 0.187. The molecule has 0 atom stereocenters. The van der Waals surface area contributed by atoms with Gasteiger partial charge in [0.05, 0.1) is 11.4 Å². The van der Waals surface area contributed by atoms with Gasteiger partial charge in [0.15, 0.2) is 5.96 Å². The first kappa shape index (κ1) is 26.6. The van der Waals surface area contributed by atoms with Crippen LogP contribution in [0, 0.1) is 0 Å². The van der Waals surface area contributed by atoms with Gasteiger partial charge in [0.25, 0.3) is 0 Å². The summed E-state index contributed by atoms with van der Waals surface area (Å²) < 4.78 is 27.2. The summed E-state index contributed by atoms with van der Waals surface area (Å²) in [5, 5.41) is 6.76. The minimum Gasteiger partial charge on any atom is -0.357 e. The number of piperidine rings is 1. The van der Waals surface area contributed by atoms with Crippen LogP contribution in [0.4, 0.5) is 0 Å². The summed E-state index contributed by atoms with van der Waals surface area (Å²) in [6.07, 6.45) is 2.11. The maximum atomic E-state index is 12.3. The molecule has 1 fully saturated rings. The fourth-order valence-corrected chi connectivity index (χ4v) is 4.66. The number of guanidine groups is 1. The molecule has 0 aromatic heterocycles. The number of nitrogens with zero attached hydrogens (tertiary/aromatic N) is 2. The van der Waals surface area contributed by atoms with E-state index in [2.05, 4.69) is 49.5 Å². The van der Waals surface area contributed by atoms with Crippen molar-refractivity contribution in [3.05, 3.63) is 66.2 Å². The van der Waals surface area contributed by atoms with Crippen molar-refractivity contribution >= 4 is 40.0 Å². The number of sulfonamides is 1. The second-order valence-electron chi connectivity index (χ2n) is 7.65. The highest BCUT2D eigenvalue weighted by Gasteiger charge is 2.20. The number of rotatable bonds is 9. The van der Waals surface area contributed by atoms with Crippen molar-refractivity contribution in [2.75, 3.05) is 32.7 Å². The number of aliphatic imine (C=N–C) groups is 1. The summed E-state index contributed by atoms with van der Waals surface area (Å²) in [5.41, 5.74) is 1.35.